The number of amides is 1. The number of aliphatic imine (C=N–C) groups is 1. The molecule has 5 heterocycles. The van der Waals surface area contributed by atoms with Gasteiger partial charge in [-0.3, -0.25) is 19.9 Å². The Bertz CT molecular complexity index is 1500. The highest BCUT2D eigenvalue weighted by molar-refractivity contribution is 6.31. The minimum Gasteiger partial charge on any atom is -0.461 e. The molecule has 0 saturated carbocycles. The van der Waals surface area contributed by atoms with Crippen molar-refractivity contribution in [3.05, 3.63) is 57.4 Å². The van der Waals surface area contributed by atoms with E-state index < -0.39 is 12.1 Å². The Balaban J connectivity index is 1.33. The zero-order valence-electron chi connectivity index (χ0n) is 25.8. The van der Waals surface area contributed by atoms with Gasteiger partial charge in [-0.15, -0.1) is 0 Å². The van der Waals surface area contributed by atoms with Gasteiger partial charge in [-0.2, -0.15) is 9.97 Å². The van der Waals surface area contributed by atoms with Crippen LogP contribution in [0.2, 0.25) is 5.02 Å². The number of nitrogens with zero attached hydrogens (tertiary/aromatic N) is 6. The highest BCUT2D eigenvalue weighted by Crippen LogP contribution is 2.41. The fourth-order valence-corrected chi connectivity index (χ4v) is 7.48. The van der Waals surface area contributed by atoms with Crippen LogP contribution in [0.15, 0.2) is 35.0 Å². The third-order valence-corrected chi connectivity index (χ3v) is 9.71. The maximum Gasteiger partial charge on any atom is 0.318 e. The summed E-state index contributed by atoms with van der Waals surface area (Å²) in [4.78, 5) is 31.0. The van der Waals surface area contributed by atoms with Crippen LogP contribution in [0.1, 0.15) is 61.1 Å². The zero-order valence-corrected chi connectivity index (χ0v) is 26.6. The first-order chi connectivity index (χ1) is 21.7. The molecule has 11 nitrogen and oxygen atoms in total. The van der Waals surface area contributed by atoms with Crippen molar-refractivity contribution in [2.24, 2.45) is 10.7 Å². The molecule has 1 aromatic carbocycles. The van der Waals surface area contributed by atoms with E-state index in [-0.39, 0.29) is 23.4 Å². The van der Waals surface area contributed by atoms with E-state index in [4.69, 9.17) is 36.8 Å². The predicted molar refractivity (Wildman–Crippen MR) is 169 cm³/mol. The van der Waals surface area contributed by atoms with Crippen molar-refractivity contribution < 1.29 is 23.9 Å². The molecule has 4 aliphatic rings. The highest BCUT2D eigenvalue weighted by atomic mass is 35.5. The second-order valence-corrected chi connectivity index (χ2v) is 12.8. The van der Waals surface area contributed by atoms with Gasteiger partial charge in [0.25, 0.3) is 5.91 Å². The van der Waals surface area contributed by atoms with E-state index in [1.54, 1.807) is 0 Å². The summed E-state index contributed by atoms with van der Waals surface area (Å²) >= 11 is 6.56. The molecule has 0 radical (unpaired) electrons. The molecule has 13 heteroatoms. The SMILES string of the molecule is CCc1c(Cl)cccc1C1Cc2nc(OC[C@@]34CCCN3CC(F)C4)nc(N3CCCN=C(/C=C(\N)C(=O)N(C)O)C3)c2CO1. The van der Waals surface area contributed by atoms with Crippen molar-refractivity contribution in [2.45, 2.75) is 69.9 Å². The van der Waals surface area contributed by atoms with Crippen LogP contribution >= 0.6 is 11.6 Å². The van der Waals surface area contributed by atoms with E-state index in [1.165, 1.54) is 13.1 Å². The monoisotopic (exact) mass is 641 g/mol. The number of carbonyl (C=O) groups is 1. The van der Waals surface area contributed by atoms with E-state index >= 15 is 0 Å². The normalized spacial score (nSPS) is 25.4. The summed E-state index contributed by atoms with van der Waals surface area (Å²) in [6, 6.07) is 6.15. The van der Waals surface area contributed by atoms with Gasteiger partial charge in [-0.25, -0.2) is 9.45 Å². The molecular formula is C32H41ClFN7O4. The Morgan fingerprint density at radius 2 is 2.18 bits per heavy atom. The van der Waals surface area contributed by atoms with Gasteiger partial charge >= 0.3 is 6.01 Å². The molecule has 0 spiro atoms. The number of ether oxygens (including phenoxy) is 2. The molecule has 0 aliphatic carbocycles. The average molecular weight is 642 g/mol. The first kappa shape index (κ1) is 31.7. The average Bonchev–Trinajstić information content (AvgIpc) is 3.44. The topological polar surface area (TPSA) is 130 Å². The predicted octanol–water partition coefficient (Wildman–Crippen LogP) is 3.80. The van der Waals surface area contributed by atoms with E-state index in [0.29, 0.717) is 68.8 Å². The molecule has 3 N–H and O–H groups in total. The molecule has 3 atom stereocenters. The molecule has 6 rings (SSSR count). The van der Waals surface area contributed by atoms with Crippen molar-refractivity contribution in [3.8, 4) is 6.01 Å². The number of rotatable bonds is 8. The number of halogens is 2. The van der Waals surface area contributed by atoms with Gasteiger partial charge < -0.3 is 20.1 Å². The third kappa shape index (κ3) is 6.51. The molecule has 45 heavy (non-hydrogen) atoms. The number of hydrogen-bond acceptors (Lipinski definition) is 10. The number of benzene rings is 1. The van der Waals surface area contributed by atoms with Gasteiger partial charge in [-0.1, -0.05) is 30.7 Å². The second kappa shape index (κ2) is 13.2. The summed E-state index contributed by atoms with van der Waals surface area (Å²) in [5.41, 5.74) is 9.93. The van der Waals surface area contributed by atoms with E-state index in [1.807, 2.05) is 12.1 Å². The van der Waals surface area contributed by atoms with E-state index in [9.17, 15) is 14.4 Å². The van der Waals surface area contributed by atoms with Crippen LogP contribution in [0.4, 0.5) is 10.2 Å². The van der Waals surface area contributed by atoms with Crippen LogP contribution in [0, 0.1) is 0 Å². The standard InChI is InChI=1S/C32H41ClFN7O4/c1-3-22-23(7-4-8-25(22)33)28-14-27-24(18-44-28)29(40-11-6-10-36-21(17-40)13-26(35)30(42)39(2)43)38-31(37-27)45-19-32-9-5-12-41(32)16-20(34)15-32/h4,7-8,13,20,28,43H,3,5-6,9-12,14-19,35H2,1-2H3/b26-13-/t20?,28?,32-/m0/s1. The molecule has 0 bridgehead atoms. The summed E-state index contributed by atoms with van der Waals surface area (Å²) in [5, 5.41) is 10.7. The Morgan fingerprint density at radius 1 is 1.33 bits per heavy atom. The minimum absolute atomic E-state index is 0.114. The number of anilines is 1. The Morgan fingerprint density at radius 3 is 2.98 bits per heavy atom. The number of fused-ring (bicyclic) bond motifs is 2. The lowest BCUT2D eigenvalue weighted by Crippen LogP contribution is -2.43. The summed E-state index contributed by atoms with van der Waals surface area (Å²) < 4.78 is 27.3. The number of likely N-dealkylation sites (N-methyl/N-ethyl adjacent to an activating group) is 1. The lowest BCUT2D eigenvalue weighted by Gasteiger charge is -2.33. The number of alkyl halides is 1. The van der Waals surface area contributed by atoms with Gasteiger partial charge in [0.2, 0.25) is 0 Å². The molecule has 1 aromatic heterocycles. The van der Waals surface area contributed by atoms with Gasteiger partial charge in [0.15, 0.2) is 0 Å². The molecule has 2 saturated heterocycles. The molecule has 242 valence electrons. The molecule has 2 unspecified atom stereocenters. The van der Waals surface area contributed by atoms with Gasteiger partial charge in [-0.05, 0) is 55.5 Å². The van der Waals surface area contributed by atoms with Crippen LogP contribution in [-0.2, 0) is 29.0 Å². The van der Waals surface area contributed by atoms with Crippen molar-refractivity contribution in [1.29, 1.82) is 0 Å². The minimum atomic E-state index is -0.856. The second-order valence-electron chi connectivity index (χ2n) is 12.4. The van der Waals surface area contributed by atoms with Crippen molar-refractivity contribution in [2.75, 3.05) is 51.3 Å². The summed E-state index contributed by atoms with van der Waals surface area (Å²) in [7, 11) is 1.22. The molecule has 2 fully saturated rings. The lowest BCUT2D eigenvalue weighted by atomic mass is 9.94. The van der Waals surface area contributed by atoms with Crippen molar-refractivity contribution in [1.82, 2.24) is 19.9 Å². The number of carbonyl (C=O) groups excluding carboxylic acids is 1. The number of hydrogen-bond donors (Lipinski definition) is 2. The van der Waals surface area contributed by atoms with Gasteiger partial charge in [0, 0.05) is 50.1 Å². The maximum atomic E-state index is 14.5. The Hall–Kier alpha value is -3.32. The number of nitrogens with two attached hydrogens (primary N) is 1. The highest BCUT2D eigenvalue weighted by Gasteiger charge is 2.49. The molecule has 4 aliphatic heterocycles. The summed E-state index contributed by atoms with van der Waals surface area (Å²) in [5.74, 6) is -0.0312. The first-order valence-corrected chi connectivity index (χ1v) is 16.1. The molecule has 1 amide bonds. The van der Waals surface area contributed by atoms with E-state index in [2.05, 4.69) is 27.8 Å². The summed E-state index contributed by atoms with van der Waals surface area (Å²) in [6.07, 6.45) is 4.81. The first-order valence-electron chi connectivity index (χ1n) is 15.7. The number of aromatic nitrogens is 2. The maximum absolute atomic E-state index is 14.5. The molecular weight excluding hydrogens is 601 g/mol. The number of hydroxylamine groups is 2. The Labute approximate surface area is 267 Å². The van der Waals surface area contributed by atoms with Crippen LogP contribution in [0.25, 0.3) is 0 Å². The zero-order chi connectivity index (χ0) is 31.7. The van der Waals surface area contributed by atoms with Crippen molar-refractivity contribution in [3.63, 3.8) is 0 Å². The largest absolute Gasteiger partial charge is 0.461 e. The fourth-order valence-electron chi connectivity index (χ4n) is 7.16. The Kier molecular flexibility index (Phi) is 9.28. The van der Waals surface area contributed by atoms with Crippen LogP contribution < -0.4 is 15.4 Å². The fraction of sp³-hybridized carbons (Fsp3) is 0.562. The quantitative estimate of drug-likeness (QED) is 0.251. The van der Waals surface area contributed by atoms with Crippen LogP contribution in [-0.4, -0.2) is 94.8 Å². The van der Waals surface area contributed by atoms with Crippen LogP contribution in [0.3, 0.4) is 0 Å². The summed E-state index contributed by atoms with van der Waals surface area (Å²) in [6.45, 7) is 5.55. The smallest absolute Gasteiger partial charge is 0.318 e. The van der Waals surface area contributed by atoms with Gasteiger partial charge in [0.1, 0.15) is 24.3 Å². The van der Waals surface area contributed by atoms with Crippen molar-refractivity contribution >= 4 is 29.0 Å². The third-order valence-electron chi connectivity index (χ3n) is 9.36. The van der Waals surface area contributed by atoms with Crippen LogP contribution in [0.5, 0.6) is 6.01 Å². The van der Waals surface area contributed by atoms with Gasteiger partial charge in [0.05, 0.1) is 36.2 Å². The van der Waals surface area contributed by atoms with E-state index in [0.717, 1.165) is 59.6 Å². The lowest BCUT2D eigenvalue weighted by molar-refractivity contribution is -0.154. The molecule has 2 aromatic rings.